The minimum absolute atomic E-state index is 0.0266. The van der Waals surface area contributed by atoms with Crippen molar-refractivity contribution in [2.75, 3.05) is 19.3 Å². The highest BCUT2D eigenvalue weighted by Gasteiger charge is 2.22. The van der Waals surface area contributed by atoms with Gasteiger partial charge in [-0.1, -0.05) is 25.0 Å². The molecule has 0 aliphatic heterocycles. The number of rotatable bonds is 4. The zero-order valence-corrected chi connectivity index (χ0v) is 9.65. The third-order valence-corrected chi connectivity index (χ3v) is 3.11. The maximum absolute atomic E-state index is 12.0. The van der Waals surface area contributed by atoms with Crippen LogP contribution in [0.1, 0.15) is 29.6 Å². The molecule has 0 unspecified atom stereocenters. The number of para-hydroxylation sites is 1. The van der Waals surface area contributed by atoms with E-state index >= 15 is 0 Å². The highest BCUT2D eigenvalue weighted by atomic mass is 16.2. The second kappa shape index (κ2) is 4.56. The summed E-state index contributed by atoms with van der Waals surface area (Å²) in [5.41, 5.74) is 6.95. The first-order valence-electron chi connectivity index (χ1n) is 5.78. The molecule has 1 aliphatic rings. The van der Waals surface area contributed by atoms with Gasteiger partial charge in [0.25, 0.3) is 5.91 Å². The van der Waals surface area contributed by atoms with Gasteiger partial charge in [0.2, 0.25) is 0 Å². The monoisotopic (exact) mass is 218 g/mol. The third kappa shape index (κ3) is 2.54. The van der Waals surface area contributed by atoms with Crippen molar-refractivity contribution in [3.8, 4) is 0 Å². The van der Waals surface area contributed by atoms with Gasteiger partial charge >= 0.3 is 0 Å². The predicted molar refractivity (Wildman–Crippen MR) is 65.2 cm³/mol. The molecule has 1 aromatic carbocycles. The van der Waals surface area contributed by atoms with E-state index in [0.29, 0.717) is 11.3 Å². The molecule has 0 atom stereocenters. The molecule has 0 heterocycles. The van der Waals surface area contributed by atoms with Crippen LogP contribution < -0.4 is 5.73 Å². The first-order chi connectivity index (χ1) is 7.68. The Balaban J connectivity index is 1.97. The van der Waals surface area contributed by atoms with Crippen molar-refractivity contribution in [1.29, 1.82) is 0 Å². The number of carbonyl (C=O) groups excluding carboxylic acids is 1. The Morgan fingerprint density at radius 3 is 2.75 bits per heavy atom. The Morgan fingerprint density at radius 2 is 2.12 bits per heavy atom. The number of hydrogen-bond donors (Lipinski definition) is 1. The topological polar surface area (TPSA) is 46.3 Å². The second-order valence-corrected chi connectivity index (χ2v) is 4.55. The molecule has 86 valence electrons. The van der Waals surface area contributed by atoms with Crippen molar-refractivity contribution >= 4 is 11.6 Å². The number of nitrogens with two attached hydrogens (primary N) is 1. The van der Waals surface area contributed by atoms with Crippen LogP contribution >= 0.6 is 0 Å². The first-order valence-corrected chi connectivity index (χ1v) is 5.78. The van der Waals surface area contributed by atoms with Gasteiger partial charge in [-0.05, 0) is 24.5 Å². The Morgan fingerprint density at radius 1 is 1.44 bits per heavy atom. The number of amides is 1. The average Bonchev–Trinajstić information content (AvgIpc) is 3.09. The maximum Gasteiger partial charge on any atom is 0.255 e. The summed E-state index contributed by atoms with van der Waals surface area (Å²) in [6.07, 6.45) is 3.78. The highest BCUT2D eigenvalue weighted by Crippen LogP contribution is 2.32. The Kier molecular flexibility index (Phi) is 3.13. The highest BCUT2D eigenvalue weighted by molar-refractivity contribution is 5.98. The van der Waals surface area contributed by atoms with Gasteiger partial charge in [0, 0.05) is 19.3 Å². The molecule has 2 N–H and O–H groups in total. The van der Waals surface area contributed by atoms with Gasteiger partial charge in [0.15, 0.2) is 0 Å². The molecule has 0 bridgehead atoms. The molecule has 1 saturated carbocycles. The van der Waals surface area contributed by atoms with Crippen LogP contribution in [0.25, 0.3) is 0 Å². The van der Waals surface area contributed by atoms with Gasteiger partial charge < -0.3 is 10.6 Å². The number of benzene rings is 1. The molecule has 1 aromatic rings. The van der Waals surface area contributed by atoms with Crippen LogP contribution in [0.15, 0.2) is 24.3 Å². The predicted octanol–water partition coefficient (Wildman–Crippen LogP) is 2.14. The fourth-order valence-electron chi connectivity index (χ4n) is 1.78. The van der Waals surface area contributed by atoms with Crippen LogP contribution in [-0.2, 0) is 0 Å². The van der Waals surface area contributed by atoms with E-state index in [1.807, 2.05) is 19.2 Å². The van der Waals surface area contributed by atoms with Crippen molar-refractivity contribution < 1.29 is 4.79 Å². The number of nitrogen functional groups attached to an aromatic ring is 1. The summed E-state index contributed by atoms with van der Waals surface area (Å²) in [4.78, 5) is 13.8. The molecule has 1 amide bonds. The molecule has 3 heteroatoms. The van der Waals surface area contributed by atoms with Crippen LogP contribution in [0.4, 0.5) is 5.69 Å². The quantitative estimate of drug-likeness (QED) is 0.787. The molecule has 0 aromatic heterocycles. The standard InChI is InChI=1S/C13H18N2O/c1-15(9-8-10-6-7-10)13(16)11-4-2-3-5-12(11)14/h2-5,10H,6-9,14H2,1H3. The Bertz CT molecular complexity index is 385. The summed E-state index contributed by atoms with van der Waals surface area (Å²) in [5.74, 6) is 0.877. The smallest absolute Gasteiger partial charge is 0.255 e. The number of hydrogen-bond acceptors (Lipinski definition) is 2. The van der Waals surface area contributed by atoms with Crippen molar-refractivity contribution in [2.45, 2.75) is 19.3 Å². The number of anilines is 1. The largest absolute Gasteiger partial charge is 0.398 e. The van der Waals surface area contributed by atoms with Gasteiger partial charge in [-0.25, -0.2) is 0 Å². The zero-order chi connectivity index (χ0) is 11.5. The molecule has 0 spiro atoms. The molecular weight excluding hydrogens is 200 g/mol. The first kappa shape index (κ1) is 11.0. The lowest BCUT2D eigenvalue weighted by molar-refractivity contribution is 0.0792. The summed E-state index contributed by atoms with van der Waals surface area (Å²) in [6.45, 7) is 0.831. The van der Waals surface area contributed by atoms with Crippen molar-refractivity contribution in [2.24, 2.45) is 5.92 Å². The van der Waals surface area contributed by atoms with Crippen LogP contribution in [0.2, 0.25) is 0 Å². The van der Waals surface area contributed by atoms with Crippen LogP contribution in [0.3, 0.4) is 0 Å². The fourth-order valence-corrected chi connectivity index (χ4v) is 1.78. The average molecular weight is 218 g/mol. The maximum atomic E-state index is 12.0. The SMILES string of the molecule is CN(CCC1CC1)C(=O)c1ccccc1N. The van der Waals surface area contributed by atoms with Crippen molar-refractivity contribution in [3.63, 3.8) is 0 Å². The van der Waals surface area contributed by atoms with Gasteiger partial charge in [0.05, 0.1) is 5.56 Å². The van der Waals surface area contributed by atoms with Gasteiger partial charge in [-0.2, -0.15) is 0 Å². The van der Waals surface area contributed by atoms with Gasteiger partial charge in [-0.15, -0.1) is 0 Å². The van der Waals surface area contributed by atoms with Crippen molar-refractivity contribution in [3.05, 3.63) is 29.8 Å². The lowest BCUT2D eigenvalue weighted by atomic mass is 10.1. The molecule has 2 rings (SSSR count). The zero-order valence-electron chi connectivity index (χ0n) is 9.65. The van der Waals surface area contributed by atoms with Crippen LogP contribution in [0, 0.1) is 5.92 Å². The van der Waals surface area contributed by atoms with Crippen molar-refractivity contribution in [1.82, 2.24) is 4.90 Å². The summed E-state index contributed by atoms with van der Waals surface area (Å²) >= 11 is 0. The lowest BCUT2D eigenvalue weighted by Gasteiger charge is -2.17. The van der Waals surface area contributed by atoms with E-state index in [0.717, 1.165) is 18.9 Å². The number of nitrogens with zero attached hydrogens (tertiary/aromatic N) is 1. The molecule has 0 radical (unpaired) electrons. The molecule has 3 nitrogen and oxygen atoms in total. The number of carbonyl (C=O) groups is 1. The summed E-state index contributed by atoms with van der Waals surface area (Å²) in [7, 11) is 1.84. The summed E-state index contributed by atoms with van der Waals surface area (Å²) in [5, 5.41) is 0. The summed E-state index contributed by atoms with van der Waals surface area (Å²) in [6, 6.07) is 7.24. The van der Waals surface area contributed by atoms with E-state index in [1.54, 1.807) is 17.0 Å². The molecule has 0 saturated heterocycles. The Labute approximate surface area is 96.2 Å². The lowest BCUT2D eigenvalue weighted by Crippen LogP contribution is -2.28. The minimum atomic E-state index is 0.0266. The molecule has 1 aliphatic carbocycles. The minimum Gasteiger partial charge on any atom is -0.398 e. The van der Waals surface area contributed by atoms with Crippen LogP contribution in [0.5, 0.6) is 0 Å². The normalized spacial score (nSPS) is 14.8. The van der Waals surface area contributed by atoms with Gasteiger partial charge in [-0.3, -0.25) is 4.79 Å². The molecule has 1 fully saturated rings. The van der Waals surface area contributed by atoms with E-state index in [4.69, 9.17) is 5.73 Å². The van der Waals surface area contributed by atoms with E-state index in [2.05, 4.69) is 0 Å². The van der Waals surface area contributed by atoms with Crippen LogP contribution in [-0.4, -0.2) is 24.4 Å². The van der Waals surface area contributed by atoms with E-state index in [-0.39, 0.29) is 5.91 Å². The summed E-state index contributed by atoms with van der Waals surface area (Å²) < 4.78 is 0. The Hall–Kier alpha value is -1.51. The fraction of sp³-hybridized carbons (Fsp3) is 0.462. The van der Waals surface area contributed by atoms with E-state index in [1.165, 1.54) is 12.8 Å². The van der Waals surface area contributed by atoms with Gasteiger partial charge in [0.1, 0.15) is 0 Å². The third-order valence-electron chi connectivity index (χ3n) is 3.11. The van der Waals surface area contributed by atoms with E-state index in [9.17, 15) is 4.79 Å². The molecular formula is C13H18N2O. The molecule has 16 heavy (non-hydrogen) atoms. The van der Waals surface area contributed by atoms with E-state index < -0.39 is 0 Å². The second-order valence-electron chi connectivity index (χ2n) is 4.55.